The number of phosphoric acid groups is 2. The molecular formula is C77H150O17P2. The van der Waals surface area contributed by atoms with E-state index in [1.165, 1.54) is 193 Å². The van der Waals surface area contributed by atoms with Gasteiger partial charge in [-0.1, -0.05) is 344 Å². The molecule has 0 heterocycles. The minimum Gasteiger partial charge on any atom is -0.462 e. The van der Waals surface area contributed by atoms with E-state index in [9.17, 15) is 43.2 Å². The summed E-state index contributed by atoms with van der Waals surface area (Å²) in [5.74, 6) is 0.328. The summed E-state index contributed by atoms with van der Waals surface area (Å²) in [5, 5.41) is 10.6. The van der Waals surface area contributed by atoms with Crippen LogP contribution in [-0.2, 0) is 65.4 Å². The minimum atomic E-state index is -4.96. The Bertz CT molecular complexity index is 1870. The van der Waals surface area contributed by atoms with Crippen LogP contribution in [-0.4, -0.2) is 96.7 Å². The first-order valence-electron chi connectivity index (χ1n) is 39.9. The van der Waals surface area contributed by atoms with Crippen LogP contribution in [0.3, 0.4) is 0 Å². The molecule has 0 spiro atoms. The van der Waals surface area contributed by atoms with E-state index in [1.807, 2.05) is 0 Å². The maximum Gasteiger partial charge on any atom is 0.472 e. The molecule has 3 N–H and O–H groups in total. The van der Waals surface area contributed by atoms with Crippen molar-refractivity contribution in [2.75, 3.05) is 39.6 Å². The van der Waals surface area contributed by atoms with Crippen LogP contribution < -0.4 is 0 Å². The molecule has 0 aromatic heterocycles. The second kappa shape index (κ2) is 67.5. The zero-order valence-electron chi connectivity index (χ0n) is 62.8. The van der Waals surface area contributed by atoms with Gasteiger partial charge in [0.25, 0.3) is 0 Å². The minimum absolute atomic E-state index is 0.106. The summed E-state index contributed by atoms with van der Waals surface area (Å²) in [6, 6.07) is 0. The van der Waals surface area contributed by atoms with E-state index >= 15 is 0 Å². The van der Waals surface area contributed by atoms with E-state index in [0.29, 0.717) is 25.7 Å². The fourth-order valence-corrected chi connectivity index (χ4v) is 13.3. The van der Waals surface area contributed by atoms with E-state index in [1.54, 1.807) is 0 Å². The average Bonchev–Trinajstić information content (AvgIpc) is 1.32. The van der Waals surface area contributed by atoms with Gasteiger partial charge >= 0.3 is 39.5 Å². The number of aliphatic hydroxyl groups is 1. The Labute approximate surface area is 588 Å². The Kier molecular flexibility index (Phi) is 66.2. The number of hydrogen-bond donors (Lipinski definition) is 3. The van der Waals surface area contributed by atoms with Crippen molar-refractivity contribution in [3.8, 4) is 0 Å². The smallest absolute Gasteiger partial charge is 0.462 e. The molecule has 7 atom stereocenters. The van der Waals surface area contributed by atoms with E-state index in [0.717, 1.165) is 120 Å². The van der Waals surface area contributed by atoms with Gasteiger partial charge in [0.1, 0.15) is 19.3 Å². The lowest BCUT2D eigenvalue weighted by Crippen LogP contribution is -2.30. The Morgan fingerprint density at radius 3 is 0.792 bits per heavy atom. The van der Waals surface area contributed by atoms with Crippen molar-refractivity contribution in [2.24, 2.45) is 17.8 Å². The summed E-state index contributed by atoms with van der Waals surface area (Å²) < 4.78 is 68.5. The largest absolute Gasteiger partial charge is 0.472 e. The lowest BCUT2D eigenvalue weighted by atomic mass is 9.99. The number of esters is 4. The van der Waals surface area contributed by atoms with Gasteiger partial charge in [0.15, 0.2) is 12.2 Å². The monoisotopic (exact) mass is 1410 g/mol. The third-order valence-electron chi connectivity index (χ3n) is 18.6. The number of aliphatic hydroxyl groups excluding tert-OH is 1. The van der Waals surface area contributed by atoms with Crippen molar-refractivity contribution < 1.29 is 80.2 Å². The molecule has 0 aliphatic heterocycles. The fraction of sp³-hybridized carbons (Fsp3) is 0.948. The summed E-state index contributed by atoms with van der Waals surface area (Å²) in [6.07, 6.45) is 54.1. The molecule has 0 radical (unpaired) electrons. The number of hydrogen-bond acceptors (Lipinski definition) is 15. The van der Waals surface area contributed by atoms with E-state index in [-0.39, 0.29) is 25.7 Å². The Morgan fingerprint density at radius 2 is 0.531 bits per heavy atom. The van der Waals surface area contributed by atoms with Gasteiger partial charge in [0, 0.05) is 25.7 Å². The number of carbonyl (C=O) groups is 4. The molecule has 17 nitrogen and oxygen atoms in total. The van der Waals surface area contributed by atoms with Crippen molar-refractivity contribution in [2.45, 2.75) is 414 Å². The second-order valence-corrected chi connectivity index (χ2v) is 31.6. The average molecular weight is 1410 g/mol. The van der Waals surface area contributed by atoms with Crippen molar-refractivity contribution in [3.05, 3.63) is 0 Å². The molecule has 0 aromatic carbocycles. The molecule has 19 heteroatoms. The van der Waals surface area contributed by atoms with Gasteiger partial charge in [-0.3, -0.25) is 37.3 Å². The van der Waals surface area contributed by atoms with Gasteiger partial charge in [-0.05, 0) is 43.4 Å². The molecular weight excluding hydrogens is 1260 g/mol. The number of rotatable bonds is 75. The van der Waals surface area contributed by atoms with Gasteiger partial charge in [-0.2, -0.15) is 0 Å². The van der Waals surface area contributed by atoms with Crippen LogP contribution in [0, 0.1) is 17.8 Å². The summed E-state index contributed by atoms with van der Waals surface area (Å²) >= 11 is 0. The summed E-state index contributed by atoms with van der Waals surface area (Å²) in [5.41, 5.74) is 0. The molecule has 0 amide bonds. The number of unbranched alkanes of at least 4 members (excludes halogenated alkanes) is 41. The number of phosphoric ester groups is 2. The highest BCUT2D eigenvalue weighted by atomic mass is 31.2. The highest BCUT2D eigenvalue weighted by Gasteiger charge is 2.30. The van der Waals surface area contributed by atoms with E-state index in [2.05, 4.69) is 48.5 Å². The molecule has 0 rings (SSSR count). The molecule has 0 fully saturated rings. The highest BCUT2D eigenvalue weighted by molar-refractivity contribution is 7.47. The lowest BCUT2D eigenvalue weighted by Gasteiger charge is -2.21. The van der Waals surface area contributed by atoms with E-state index < -0.39 is 97.5 Å². The topological polar surface area (TPSA) is 237 Å². The van der Waals surface area contributed by atoms with Crippen LogP contribution in [0.25, 0.3) is 0 Å². The molecule has 0 aromatic rings. The second-order valence-electron chi connectivity index (χ2n) is 28.7. The van der Waals surface area contributed by atoms with Gasteiger partial charge in [0.05, 0.1) is 26.4 Å². The molecule has 96 heavy (non-hydrogen) atoms. The first-order valence-corrected chi connectivity index (χ1v) is 42.9. The quantitative estimate of drug-likeness (QED) is 0.0222. The maximum atomic E-state index is 13.1. The number of ether oxygens (including phenoxy) is 4. The first-order chi connectivity index (χ1) is 46.3. The Balaban J connectivity index is 5.21. The normalized spacial score (nSPS) is 14.6. The van der Waals surface area contributed by atoms with Crippen LogP contribution in [0.1, 0.15) is 395 Å². The van der Waals surface area contributed by atoms with Crippen LogP contribution in [0.4, 0.5) is 0 Å². The summed E-state index contributed by atoms with van der Waals surface area (Å²) in [6.45, 7) is 12.0. The summed E-state index contributed by atoms with van der Waals surface area (Å²) in [7, 11) is -9.91. The number of carbonyl (C=O) groups excluding carboxylic acids is 4. The molecule has 4 unspecified atom stereocenters. The third-order valence-corrected chi connectivity index (χ3v) is 20.5. The summed E-state index contributed by atoms with van der Waals surface area (Å²) in [4.78, 5) is 72.7. The standard InChI is InChI=1S/C77H150O17P2/c1-8-11-12-13-34-44-51-58-74(79)87-64-72(93-77(82)61-54-47-40-33-27-26-30-37-43-50-57-70(7)10-3)66-91-95(83,84)89-62-71(78)63-90-96(85,86)92-67-73(65-88-75(80)59-52-45-38-31-24-20-16-14-18-22-28-35-41-48-55-68(4)5)94-76(81)60-53-46-39-32-25-21-17-15-19-23-29-36-42-49-56-69(6)9-2/h68-73,78H,8-67H2,1-7H3,(H,83,84)(H,85,86)/t69?,70?,71-,72+,73+/m0/s1. The predicted molar refractivity (Wildman–Crippen MR) is 391 cm³/mol. The van der Waals surface area contributed by atoms with Crippen LogP contribution in [0.5, 0.6) is 0 Å². The van der Waals surface area contributed by atoms with Crippen LogP contribution in [0.2, 0.25) is 0 Å². The molecule has 0 bridgehead atoms. The van der Waals surface area contributed by atoms with Crippen molar-refractivity contribution in [1.82, 2.24) is 0 Å². The Hall–Kier alpha value is -1.94. The van der Waals surface area contributed by atoms with Gasteiger partial charge < -0.3 is 33.8 Å². The van der Waals surface area contributed by atoms with Crippen molar-refractivity contribution >= 4 is 39.5 Å². The van der Waals surface area contributed by atoms with Crippen LogP contribution in [0.15, 0.2) is 0 Å². The van der Waals surface area contributed by atoms with E-state index in [4.69, 9.17) is 37.0 Å². The predicted octanol–water partition coefficient (Wildman–Crippen LogP) is 22.6. The van der Waals surface area contributed by atoms with Crippen molar-refractivity contribution in [3.63, 3.8) is 0 Å². The molecule has 0 saturated heterocycles. The molecule has 570 valence electrons. The zero-order chi connectivity index (χ0) is 70.9. The third kappa shape index (κ3) is 67.9. The molecule has 0 aliphatic rings. The lowest BCUT2D eigenvalue weighted by molar-refractivity contribution is -0.161. The first kappa shape index (κ1) is 94.1. The maximum absolute atomic E-state index is 13.1. The molecule has 0 saturated carbocycles. The Morgan fingerprint density at radius 1 is 0.302 bits per heavy atom. The fourth-order valence-electron chi connectivity index (χ4n) is 11.7. The highest BCUT2D eigenvalue weighted by Crippen LogP contribution is 2.45. The van der Waals surface area contributed by atoms with Gasteiger partial charge in [-0.25, -0.2) is 9.13 Å². The van der Waals surface area contributed by atoms with Crippen molar-refractivity contribution in [1.29, 1.82) is 0 Å². The zero-order valence-corrected chi connectivity index (χ0v) is 64.6. The molecule has 0 aliphatic carbocycles. The van der Waals surface area contributed by atoms with Gasteiger partial charge in [0.2, 0.25) is 0 Å². The van der Waals surface area contributed by atoms with Crippen LogP contribution >= 0.6 is 15.6 Å². The van der Waals surface area contributed by atoms with Gasteiger partial charge in [-0.15, -0.1) is 0 Å². The SMILES string of the molecule is CCCCCCCCCC(=O)OC[C@H](COP(=O)(O)OC[C@H](O)COP(=O)(O)OC[C@@H](COC(=O)CCCCCCCCCCCCCCCCC(C)C)OC(=O)CCCCCCCCCCCCCCCCC(C)CC)OC(=O)CCCCCCCCCCCCC(C)CC.